The Labute approximate surface area is 106 Å². The van der Waals surface area contributed by atoms with Gasteiger partial charge < -0.3 is 10.3 Å². The third kappa shape index (κ3) is 5.53. The normalized spacial score (nSPS) is 9.06. The lowest BCUT2D eigenvalue weighted by atomic mass is 10.2. The fraction of sp³-hybridized carbons (Fsp3) is 0.0909. The van der Waals surface area contributed by atoms with E-state index >= 15 is 0 Å². The van der Waals surface area contributed by atoms with E-state index < -0.39 is 0 Å². The SMILES string of the molecule is NC(=S)S.c1ccc(Cn2ccnc2)cc1. The van der Waals surface area contributed by atoms with E-state index in [2.05, 4.69) is 46.5 Å². The molecule has 84 valence electrons. The van der Waals surface area contributed by atoms with Crippen LogP contribution in [0, 0.1) is 0 Å². The van der Waals surface area contributed by atoms with E-state index in [9.17, 15) is 0 Å². The van der Waals surface area contributed by atoms with Crippen molar-refractivity contribution in [2.24, 2.45) is 5.73 Å². The average Bonchev–Trinajstić information content (AvgIpc) is 2.71. The molecule has 1 aromatic carbocycles. The molecule has 1 aromatic heterocycles. The molecule has 0 aliphatic heterocycles. The Bertz CT molecular complexity index is 408. The number of imidazole rings is 1. The van der Waals surface area contributed by atoms with Crippen molar-refractivity contribution in [2.75, 3.05) is 0 Å². The Morgan fingerprint density at radius 1 is 1.38 bits per heavy atom. The fourth-order valence-electron chi connectivity index (χ4n) is 1.17. The van der Waals surface area contributed by atoms with Crippen molar-refractivity contribution in [3.63, 3.8) is 0 Å². The first-order valence-electron chi connectivity index (χ1n) is 4.66. The van der Waals surface area contributed by atoms with E-state index in [0.29, 0.717) is 0 Å². The molecule has 0 saturated heterocycles. The van der Waals surface area contributed by atoms with Crippen molar-refractivity contribution >= 4 is 29.2 Å². The molecule has 0 saturated carbocycles. The van der Waals surface area contributed by atoms with Crippen LogP contribution in [-0.4, -0.2) is 13.9 Å². The molecule has 0 aliphatic rings. The molecule has 2 rings (SSSR count). The van der Waals surface area contributed by atoms with Gasteiger partial charge in [-0.25, -0.2) is 4.98 Å². The summed E-state index contributed by atoms with van der Waals surface area (Å²) in [6, 6.07) is 10.3. The number of thiol groups is 1. The molecular weight excluding hydrogens is 238 g/mol. The standard InChI is InChI=1S/C10H10N2.CH3NS2/c1-2-4-10(5-3-1)8-12-7-6-11-9-12;2-1(3)4/h1-7,9H,8H2;(H3,2,3,4). The summed E-state index contributed by atoms with van der Waals surface area (Å²) < 4.78 is 2.25. The van der Waals surface area contributed by atoms with Gasteiger partial charge in [-0.1, -0.05) is 42.5 Å². The first-order chi connectivity index (χ1) is 7.68. The number of hydrogen-bond acceptors (Lipinski definition) is 2. The van der Waals surface area contributed by atoms with Crippen LogP contribution in [0.15, 0.2) is 49.1 Å². The van der Waals surface area contributed by atoms with Gasteiger partial charge in [-0.05, 0) is 5.56 Å². The molecule has 0 bridgehead atoms. The van der Waals surface area contributed by atoms with Crippen molar-refractivity contribution in [3.05, 3.63) is 54.6 Å². The van der Waals surface area contributed by atoms with Crippen LogP contribution in [0.25, 0.3) is 0 Å². The Balaban J connectivity index is 0.000000280. The maximum atomic E-state index is 4.71. The Kier molecular flexibility index (Phi) is 5.60. The van der Waals surface area contributed by atoms with Crippen LogP contribution in [0.4, 0.5) is 0 Å². The Morgan fingerprint density at radius 3 is 2.50 bits per heavy atom. The van der Waals surface area contributed by atoms with Gasteiger partial charge in [0, 0.05) is 18.9 Å². The van der Waals surface area contributed by atoms with E-state index in [0.717, 1.165) is 6.54 Å². The highest BCUT2D eigenvalue weighted by molar-refractivity contribution is 8.10. The molecule has 3 nitrogen and oxygen atoms in total. The molecule has 0 spiro atoms. The van der Waals surface area contributed by atoms with Crippen molar-refractivity contribution < 1.29 is 0 Å². The number of nitrogens with zero attached hydrogens (tertiary/aromatic N) is 2. The van der Waals surface area contributed by atoms with Crippen LogP contribution < -0.4 is 5.73 Å². The van der Waals surface area contributed by atoms with Crippen LogP contribution in [0.3, 0.4) is 0 Å². The van der Waals surface area contributed by atoms with Crippen LogP contribution in [0.1, 0.15) is 5.56 Å². The van der Waals surface area contributed by atoms with E-state index in [1.54, 1.807) is 6.20 Å². The van der Waals surface area contributed by atoms with Gasteiger partial charge >= 0.3 is 0 Å². The number of nitrogens with two attached hydrogens (primary N) is 1. The van der Waals surface area contributed by atoms with Gasteiger partial charge in [0.1, 0.15) is 4.32 Å². The quantitative estimate of drug-likeness (QED) is 0.634. The van der Waals surface area contributed by atoms with E-state index in [-0.39, 0.29) is 4.32 Å². The predicted molar refractivity (Wildman–Crippen MR) is 73.5 cm³/mol. The monoisotopic (exact) mass is 251 g/mol. The Morgan fingerprint density at radius 2 is 2.00 bits per heavy atom. The summed E-state index contributed by atoms with van der Waals surface area (Å²) >= 11 is 7.65. The lowest BCUT2D eigenvalue weighted by Gasteiger charge is -2.00. The lowest BCUT2D eigenvalue weighted by molar-refractivity contribution is 0.797. The molecule has 16 heavy (non-hydrogen) atoms. The van der Waals surface area contributed by atoms with Crippen molar-refractivity contribution in [3.8, 4) is 0 Å². The summed E-state index contributed by atoms with van der Waals surface area (Å²) in [4.78, 5) is 3.98. The van der Waals surface area contributed by atoms with Crippen molar-refractivity contribution in [1.29, 1.82) is 0 Å². The van der Waals surface area contributed by atoms with Gasteiger partial charge in [-0.2, -0.15) is 0 Å². The minimum Gasteiger partial charge on any atom is -0.385 e. The van der Waals surface area contributed by atoms with Gasteiger partial charge in [0.05, 0.1) is 6.33 Å². The second-order valence-corrected chi connectivity index (χ2v) is 4.28. The zero-order chi connectivity index (χ0) is 11.8. The first-order valence-corrected chi connectivity index (χ1v) is 5.52. The largest absolute Gasteiger partial charge is 0.385 e. The molecule has 0 amide bonds. The van der Waals surface area contributed by atoms with E-state index in [1.165, 1.54) is 5.56 Å². The number of thiocarbonyl (C=S) groups is 1. The highest BCUT2D eigenvalue weighted by Gasteiger charge is 1.91. The highest BCUT2D eigenvalue weighted by Crippen LogP contribution is 2.00. The molecule has 0 aliphatic carbocycles. The van der Waals surface area contributed by atoms with Gasteiger partial charge in [0.2, 0.25) is 0 Å². The molecule has 0 radical (unpaired) electrons. The zero-order valence-electron chi connectivity index (χ0n) is 8.65. The minimum absolute atomic E-state index is 0.194. The third-order valence-electron chi connectivity index (χ3n) is 1.77. The fourth-order valence-corrected chi connectivity index (χ4v) is 1.17. The van der Waals surface area contributed by atoms with E-state index in [1.807, 2.05) is 30.7 Å². The first kappa shape index (κ1) is 12.7. The number of rotatable bonds is 2. The van der Waals surface area contributed by atoms with Crippen LogP contribution in [0.2, 0.25) is 0 Å². The van der Waals surface area contributed by atoms with Crippen molar-refractivity contribution in [2.45, 2.75) is 6.54 Å². The molecular formula is C11H13N3S2. The minimum atomic E-state index is 0.194. The highest BCUT2D eigenvalue weighted by atomic mass is 32.1. The molecule has 2 N–H and O–H groups in total. The molecule has 5 heteroatoms. The maximum absolute atomic E-state index is 4.71. The maximum Gasteiger partial charge on any atom is 0.128 e. The lowest BCUT2D eigenvalue weighted by Crippen LogP contribution is -1.95. The summed E-state index contributed by atoms with van der Waals surface area (Å²) in [7, 11) is 0. The molecule has 1 heterocycles. The zero-order valence-corrected chi connectivity index (χ0v) is 10.4. The topological polar surface area (TPSA) is 43.8 Å². The van der Waals surface area contributed by atoms with Crippen LogP contribution in [-0.2, 0) is 6.54 Å². The van der Waals surface area contributed by atoms with E-state index in [4.69, 9.17) is 5.73 Å². The summed E-state index contributed by atoms with van der Waals surface area (Å²) in [5, 5.41) is 0. The third-order valence-corrected chi connectivity index (χ3v) is 1.77. The van der Waals surface area contributed by atoms with Gasteiger partial charge in [0.25, 0.3) is 0 Å². The average molecular weight is 251 g/mol. The Hall–Kier alpha value is -1.33. The summed E-state index contributed by atoms with van der Waals surface area (Å²) in [5.41, 5.74) is 6.01. The van der Waals surface area contributed by atoms with Crippen LogP contribution in [0.5, 0.6) is 0 Å². The molecule has 2 aromatic rings. The smallest absolute Gasteiger partial charge is 0.128 e. The summed E-state index contributed by atoms with van der Waals surface area (Å²) in [5.74, 6) is 0. The van der Waals surface area contributed by atoms with Gasteiger partial charge in [-0.15, -0.1) is 12.6 Å². The predicted octanol–water partition coefficient (Wildman–Crippen LogP) is 2.09. The number of aromatic nitrogens is 2. The number of hydrogen-bond donors (Lipinski definition) is 2. The molecule has 0 atom stereocenters. The summed E-state index contributed by atoms with van der Waals surface area (Å²) in [6.07, 6.45) is 5.59. The molecule has 0 unspecified atom stereocenters. The van der Waals surface area contributed by atoms with Crippen molar-refractivity contribution in [1.82, 2.24) is 9.55 Å². The summed E-state index contributed by atoms with van der Waals surface area (Å²) in [6.45, 7) is 0.904. The second kappa shape index (κ2) is 7.03. The number of benzene rings is 1. The molecule has 0 fully saturated rings. The second-order valence-electron chi connectivity index (χ2n) is 3.06. The van der Waals surface area contributed by atoms with Crippen LogP contribution >= 0.6 is 24.8 Å². The van der Waals surface area contributed by atoms with Gasteiger partial charge in [-0.3, -0.25) is 0 Å². The van der Waals surface area contributed by atoms with Gasteiger partial charge in [0.15, 0.2) is 0 Å².